The number of thiophene rings is 1. The Morgan fingerprint density at radius 1 is 0.828 bits per heavy atom. The van der Waals surface area contributed by atoms with Crippen LogP contribution < -0.4 is 0 Å². The lowest BCUT2D eigenvalue weighted by atomic mass is 10.2. The second-order valence-corrected chi connectivity index (χ2v) is 7.47. The van der Waals surface area contributed by atoms with Crippen LogP contribution in [0.2, 0.25) is 0 Å². The van der Waals surface area contributed by atoms with Crippen molar-refractivity contribution in [2.75, 3.05) is 0 Å². The molecule has 29 heavy (non-hydrogen) atoms. The van der Waals surface area contributed by atoms with Crippen LogP contribution in [-0.2, 0) is 0 Å². The molecule has 0 aromatic carbocycles. The zero-order valence-electron chi connectivity index (χ0n) is 15.0. The first-order valence-corrected chi connectivity index (χ1v) is 9.89. The van der Waals surface area contributed by atoms with E-state index in [4.69, 9.17) is 9.97 Å². The normalized spacial score (nSPS) is 11.4. The molecule has 6 aromatic heterocycles. The van der Waals surface area contributed by atoms with Crippen LogP contribution >= 0.6 is 11.3 Å². The average Bonchev–Trinajstić information content (AvgIpc) is 3.52. The summed E-state index contributed by atoms with van der Waals surface area (Å²) < 4.78 is 0. The number of H-pyrrole nitrogens is 2. The number of aromatic amines is 2. The van der Waals surface area contributed by atoms with Crippen molar-refractivity contribution in [1.82, 2.24) is 35.1 Å². The molecule has 7 nitrogen and oxygen atoms in total. The third-order valence-corrected chi connectivity index (χ3v) is 5.62. The molecule has 8 heteroatoms. The van der Waals surface area contributed by atoms with Gasteiger partial charge in [0.15, 0.2) is 11.5 Å². The molecular formula is C21H13N7S. The third-order valence-electron chi connectivity index (χ3n) is 4.74. The van der Waals surface area contributed by atoms with Gasteiger partial charge in [-0.1, -0.05) is 6.07 Å². The Bertz CT molecular complexity index is 1450. The molecule has 0 atom stereocenters. The molecule has 6 aromatic rings. The number of aromatic nitrogens is 7. The minimum atomic E-state index is 0.660. The molecule has 0 saturated heterocycles. The van der Waals surface area contributed by atoms with Crippen LogP contribution in [-0.4, -0.2) is 35.1 Å². The van der Waals surface area contributed by atoms with E-state index in [9.17, 15) is 0 Å². The maximum atomic E-state index is 4.82. The van der Waals surface area contributed by atoms with Crippen LogP contribution in [0.25, 0.3) is 55.4 Å². The SMILES string of the molecule is c1cncc(-c2ccc3[nH]nc(-c4nc5c(-c6cccs6)nccc5[nH]4)c3n2)c1. The van der Waals surface area contributed by atoms with Gasteiger partial charge in [-0.15, -0.1) is 11.3 Å². The van der Waals surface area contributed by atoms with Crippen molar-refractivity contribution in [2.45, 2.75) is 0 Å². The van der Waals surface area contributed by atoms with Gasteiger partial charge in [0.2, 0.25) is 0 Å². The van der Waals surface area contributed by atoms with Crippen molar-refractivity contribution in [3.63, 3.8) is 0 Å². The van der Waals surface area contributed by atoms with Gasteiger partial charge in [0, 0.05) is 24.2 Å². The minimum Gasteiger partial charge on any atom is -0.336 e. The van der Waals surface area contributed by atoms with Crippen molar-refractivity contribution in [2.24, 2.45) is 0 Å². The van der Waals surface area contributed by atoms with E-state index in [-0.39, 0.29) is 0 Å². The molecule has 2 N–H and O–H groups in total. The standard InChI is InChI=1S/C21H13N7S/c1-3-12(11-22-8-1)13-5-6-15-18(24-13)20(28-27-15)21-25-14-7-9-23-19(17(14)26-21)16-4-2-10-29-16/h1-11H,(H,25,26)(H,27,28). The van der Waals surface area contributed by atoms with Crippen LogP contribution in [0, 0.1) is 0 Å². The summed E-state index contributed by atoms with van der Waals surface area (Å²) in [6.07, 6.45) is 5.34. The van der Waals surface area contributed by atoms with Gasteiger partial charge in [-0.25, -0.2) is 9.97 Å². The Labute approximate surface area is 168 Å². The summed E-state index contributed by atoms with van der Waals surface area (Å²) in [6, 6.07) is 13.8. The number of fused-ring (bicyclic) bond motifs is 2. The maximum absolute atomic E-state index is 4.82. The smallest absolute Gasteiger partial charge is 0.161 e. The van der Waals surface area contributed by atoms with Crippen molar-refractivity contribution < 1.29 is 0 Å². The number of pyridine rings is 3. The maximum Gasteiger partial charge on any atom is 0.161 e. The number of hydrogen-bond acceptors (Lipinski definition) is 6. The van der Waals surface area contributed by atoms with E-state index in [2.05, 4.69) is 25.1 Å². The number of hydrogen-bond donors (Lipinski definition) is 2. The fourth-order valence-electron chi connectivity index (χ4n) is 3.38. The summed E-state index contributed by atoms with van der Waals surface area (Å²) >= 11 is 1.64. The molecule has 0 amide bonds. The van der Waals surface area contributed by atoms with Gasteiger partial charge in [-0.2, -0.15) is 5.10 Å². The first kappa shape index (κ1) is 16.1. The van der Waals surface area contributed by atoms with Crippen molar-refractivity contribution in [1.29, 1.82) is 0 Å². The molecule has 0 saturated carbocycles. The van der Waals surface area contributed by atoms with Gasteiger partial charge < -0.3 is 4.98 Å². The second-order valence-electron chi connectivity index (χ2n) is 6.53. The summed E-state index contributed by atoms with van der Waals surface area (Å²) in [5.41, 5.74) is 6.69. The predicted octanol–water partition coefficient (Wildman–Crippen LogP) is 4.69. The van der Waals surface area contributed by atoms with E-state index in [1.54, 1.807) is 29.9 Å². The molecule has 6 rings (SSSR count). The molecule has 0 unspecified atom stereocenters. The Morgan fingerprint density at radius 3 is 2.66 bits per heavy atom. The summed E-state index contributed by atoms with van der Waals surface area (Å²) in [5, 5.41) is 9.56. The van der Waals surface area contributed by atoms with E-state index in [0.29, 0.717) is 11.5 Å². The quantitative estimate of drug-likeness (QED) is 0.453. The van der Waals surface area contributed by atoms with Crippen LogP contribution in [0.3, 0.4) is 0 Å². The zero-order valence-corrected chi connectivity index (χ0v) is 15.8. The molecule has 0 fully saturated rings. The van der Waals surface area contributed by atoms with E-state index in [0.717, 1.165) is 43.9 Å². The molecule has 138 valence electrons. The number of nitrogens with zero attached hydrogens (tertiary/aromatic N) is 5. The zero-order chi connectivity index (χ0) is 19.2. The Morgan fingerprint density at radius 2 is 1.79 bits per heavy atom. The first-order chi connectivity index (χ1) is 14.4. The van der Waals surface area contributed by atoms with Gasteiger partial charge in [-0.05, 0) is 41.8 Å². The molecule has 0 aliphatic rings. The fraction of sp³-hybridized carbons (Fsp3) is 0. The highest BCUT2D eigenvalue weighted by Gasteiger charge is 2.17. The molecule has 0 aliphatic carbocycles. The second kappa shape index (κ2) is 6.32. The minimum absolute atomic E-state index is 0.660. The Balaban J connectivity index is 1.53. The van der Waals surface area contributed by atoms with Crippen LogP contribution in [0.4, 0.5) is 0 Å². The predicted molar refractivity (Wildman–Crippen MR) is 113 cm³/mol. The Hall–Kier alpha value is -3.91. The average molecular weight is 395 g/mol. The van der Waals surface area contributed by atoms with E-state index >= 15 is 0 Å². The van der Waals surface area contributed by atoms with Gasteiger partial charge in [0.1, 0.15) is 16.7 Å². The van der Waals surface area contributed by atoms with E-state index in [1.807, 2.05) is 47.8 Å². The van der Waals surface area contributed by atoms with Gasteiger partial charge >= 0.3 is 0 Å². The largest absolute Gasteiger partial charge is 0.336 e. The van der Waals surface area contributed by atoms with Crippen LogP contribution in [0.15, 0.2) is 66.4 Å². The van der Waals surface area contributed by atoms with E-state index in [1.165, 1.54) is 0 Å². The molecular weight excluding hydrogens is 382 g/mol. The topological polar surface area (TPSA) is 96.0 Å². The van der Waals surface area contributed by atoms with Crippen molar-refractivity contribution in [3.8, 4) is 33.3 Å². The lowest BCUT2D eigenvalue weighted by Gasteiger charge is -2.00. The van der Waals surface area contributed by atoms with Gasteiger partial charge in [-0.3, -0.25) is 15.1 Å². The van der Waals surface area contributed by atoms with Crippen molar-refractivity contribution >= 4 is 33.4 Å². The lowest BCUT2D eigenvalue weighted by molar-refractivity contribution is 1.10. The van der Waals surface area contributed by atoms with Gasteiger partial charge in [0.05, 0.1) is 21.6 Å². The lowest BCUT2D eigenvalue weighted by Crippen LogP contribution is -1.87. The molecule has 0 aliphatic heterocycles. The molecule has 6 heterocycles. The fourth-order valence-corrected chi connectivity index (χ4v) is 4.10. The highest BCUT2D eigenvalue weighted by atomic mass is 32.1. The highest BCUT2D eigenvalue weighted by molar-refractivity contribution is 7.13. The summed E-state index contributed by atoms with van der Waals surface area (Å²) in [5.74, 6) is 0.660. The first-order valence-electron chi connectivity index (χ1n) is 9.01. The molecule has 0 spiro atoms. The monoisotopic (exact) mass is 395 g/mol. The molecule has 0 radical (unpaired) electrons. The summed E-state index contributed by atoms with van der Waals surface area (Å²) in [4.78, 5) is 22.8. The Kier molecular flexibility index (Phi) is 3.50. The number of nitrogens with one attached hydrogen (secondary N) is 2. The van der Waals surface area contributed by atoms with Crippen molar-refractivity contribution in [3.05, 3.63) is 66.4 Å². The third kappa shape index (κ3) is 2.61. The summed E-state index contributed by atoms with van der Waals surface area (Å²) in [7, 11) is 0. The number of rotatable bonds is 3. The summed E-state index contributed by atoms with van der Waals surface area (Å²) in [6.45, 7) is 0. The van der Waals surface area contributed by atoms with E-state index < -0.39 is 0 Å². The number of imidazole rings is 1. The van der Waals surface area contributed by atoms with Gasteiger partial charge in [0.25, 0.3) is 0 Å². The van der Waals surface area contributed by atoms with Crippen LogP contribution in [0.5, 0.6) is 0 Å². The highest BCUT2D eigenvalue weighted by Crippen LogP contribution is 2.32. The molecule has 0 bridgehead atoms. The van der Waals surface area contributed by atoms with Crippen LogP contribution in [0.1, 0.15) is 0 Å².